The fourth-order valence-electron chi connectivity index (χ4n) is 3.06. The highest BCUT2D eigenvalue weighted by Crippen LogP contribution is 2.46. The van der Waals surface area contributed by atoms with E-state index in [1.807, 2.05) is 42.5 Å². The monoisotopic (exact) mass is 359 g/mol. The summed E-state index contributed by atoms with van der Waals surface area (Å²) < 4.78 is 0. The largest absolute Gasteiger partial charge is 0.478 e. The average molecular weight is 360 g/mol. The Morgan fingerprint density at radius 1 is 1.33 bits per heavy atom. The molecule has 0 amide bonds. The van der Waals surface area contributed by atoms with Crippen molar-refractivity contribution in [3.63, 3.8) is 0 Å². The van der Waals surface area contributed by atoms with Gasteiger partial charge in [-0.3, -0.25) is 0 Å². The molecule has 1 aromatic carbocycles. The predicted octanol–water partition coefficient (Wildman–Crippen LogP) is 5.46. The van der Waals surface area contributed by atoms with Crippen LogP contribution in [0.4, 0.5) is 5.00 Å². The minimum absolute atomic E-state index is 0.156. The third-order valence-electron chi connectivity index (χ3n) is 4.16. The highest BCUT2D eigenvalue weighted by atomic mass is 35.5. The van der Waals surface area contributed by atoms with Crippen LogP contribution in [0.1, 0.15) is 46.6 Å². The highest BCUT2D eigenvalue weighted by molar-refractivity contribution is 7.16. The van der Waals surface area contributed by atoms with Gasteiger partial charge in [-0.05, 0) is 29.7 Å². The first-order valence-electron chi connectivity index (χ1n) is 7.59. The smallest absolute Gasteiger partial charge is 0.339 e. The zero-order chi connectivity index (χ0) is 17.5. The first-order valence-corrected chi connectivity index (χ1v) is 8.78. The summed E-state index contributed by atoms with van der Waals surface area (Å²) in [6.07, 6.45) is 6.72. The van der Waals surface area contributed by atoms with E-state index in [1.54, 1.807) is 0 Å². The van der Waals surface area contributed by atoms with Crippen molar-refractivity contribution in [1.82, 2.24) is 0 Å². The molecule has 1 aliphatic carbocycles. The van der Waals surface area contributed by atoms with Crippen molar-refractivity contribution < 1.29 is 9.90 Å². The number of thiophene rings is 1. The van der Waals surface area contributed by atoms with Crippen molar-refractivity contribution in [3.05, 3.63) is 62.5 Å². The number of hydrogen-bond acceptors (Lipinski definition) is 3. The second kappa shape index (κ2) is 6.11. The Morgan fingerprint density at radius 3 is 2.71 bits per heavy atom. The second-order valence-corrected chi connectivity index (χ2v) is 7.98. The molecular formula is C19H18ClNO2S. The lowest BCUT2D eigenvalue weighted by molar-refractivity contribution is 0.0698. The van der Waals surface area contributed by atoms with E-state index in [-0.39, 0.29) is 11.0 Å². The van der Waals surface area contributed by atoms with Crippen molar-refractivity contribution in [2.75, 3.05) is 5.73 Å². The van der Waals surface area contributed by atoms with Gasteiger partial charge >= 0.3 is 5.97 Å². The van der Waals surface area contributed by atoms with Crippen LogP contribution in [0.2, 0.25) is 5.02 Å². The second-order valence-electron chi connectivity index (χ2n) is 6.52. The van der Waals surface area contributed by atoms with Gasteiger partial charge in [0.2, 0.25) is 0 Å². The minimum atomic E-state index is -0.978. The minimum Gasteiger partial charge on any atom is -0.478 e. The molecule has 3 nitrogen and oxygen atoms in total. The van der Waals surface area contributed by atoms with E-state index in [4.69, 9.17) is 17.3 Å². The van der Waals surface area contributed by atoms with Crippen LogP contribution >= 0.6 is 22.9 Å². The molecule has 1 heterocycles. The van der Waals surface area contributed by atoms with E-state index < -0.39 is 5.97 Å². The number of carboxylic acid groups (broad SMARTS) is 1. The van der Waals surface area contributed by atoms with E-state index in [2.05, 4.69) is 13.8 Å². The molecule has 0 aliphatic heterocycles. The van der Waals surface area contributed by atoms with E-state index in [9.17, 15) is 9.90 Å². The highest BCUT2D eigenvalue weighted by Gasteiger charge is 2.34. The lowest BCUT2D eigenvalue weighted by Crippen LogP contribution is -2.20. The predicted molar refractivity (Wildman–Crippen MR) is 102 cm³/mol. The van der Waals surface area contributed by atoms with E-state index in [0.717, 1.165) is 28.0 Å². The molecule has 0 bridgehead atoms. The van der Waals surface area contributed by atoms with Crippen molar-refractivity contribution in [2.45, 2.75) is 25.7 Å². The Balaban J connectivity index is 2.05. The molecule has 0 saturated carbocycles. The summed E-state index contributed by atoms with van der Waals surface area (Å²) in [5.41, 5.74) is 8.74. The number of anilines is 1. The van der Waals surface area contributed by atoms with Gasteiger partial charge in [0.25, 0.3) is 0 Å². The number of benzene rings is 1. The number of fused-ring (bicyclic) bond motifs is 1. The summed E-state index contributed by atoms with van der Waals surface area (Å²) in [4.78, 5) is 12.6. The van der Waals surface area contributed by atoms with E-state index in [1.165, 1.54) is 11.3 Å². The number of nitrogen functional groups attached to an aromatic ring is 1. The van der Waals surface area contributed by atoms with Crippen LogP contribution in [0.15, 0.2) is 35.9 Å². The van der Waals surface area contributed by atoms with Crippen LogP contribution in [0.3, 0.4) is 0 Å². The van der Waals surface area contributed by atoms with E-state index in [0.29, 0.717) is 10.0 Å². The molecule has 3 rings (SSSR count). The Labute approximate surface area is 150 Å². The molecular weight excluding hydrogens is 342 g/mol. The lowest BCUT2D eigenvalue weighted by atomic mass is 9.77. The molecule has 5 heteroatoms. The van der Waals surface area contributed by atoms with Gasteiger partial charge in [0.05, 0.1) is 0 Å². The molecule has 1 aliphatic rings. The van der Waals surface area contributed by atoms with Gasteiger partial charge < -0.3 is 10.8 Å². The Hall–Kier alpha value is -2.04. The van der Waals surface area contributed by atoms with Crippen molar-refractivity contribution in [3.8, 4) is 0 Å². The molecule has 0 atom stereocenters. The number of nitrogens with two attached hydrogens (primary N) is 1. The van der Waals surface area contributed by atoms with Gasteiger partial charge in [-0.2, -0.15) is 0 Å². The molecule has 2 aromatic rings. The Kier molecular flexibility index (Phi) is 4.28. The summed E-state index contributed by atoms with van der Waals surface area (Å²) >= 11 is 7.56. The maximum atomic E-state index is 11.6. The Bertz CT molecular complexity index is 877. The Morgan fingerprint density at radius 2 is 2.04 bits per heavy atom. The van der Waals surface area contributed by atoms with Crippen LogP contribution in [0.25, 0.3) is 12.2 Å². The first kappa shape index (κ1) is 16.8. The number of rotatable bonds is 3. The zero-order valence-corrected chi connectivity index (χ0v) is 15.0. The fourth-order valence-corrected chi connectivity index (χ4v) is 4.40. The molecule has 124 valence electrons. The van der Waals surface area contributed by atoms with Gasteiger partial charge in [0.15, 0.2) is 0 Å². The summed E-state index contributed by atoms with van der Waals surface area (Å²) in [6, 6.07) is 7.62. The van der Waals surface area contributed by atoms with Gasteiger partial charge in [-0.15, -0.1) is 11.3 Å². The molecule has 1 aromatic heterocycles. The SMILES string of the molecule is CC1(C)CC(/C=C/c2ccccc2Cl)=Cc2c1sc(N)c2C(=O)O. The molecule has 3 N–H and O–H groups in total. The number of aromatic carboxylic acids is 1. The number of carbonyl (C=O) groups is 1. The van der Waals surface area contributed by atoms with Crippen LogP contribution in [0.5, 0.6) is 0 Å². The standard InChI is InChI=1S/C19H18ClNO2S/c1-19(2)10-11(7-8-12-5-3-4-6-14(12)20)9-13-15(18(22)23)17(21)24-16(13)19/h3-9H,10,21H2,1-2H3,(H,22,23)/b8-7+. The topological polar surface area (TPSA) is 63.3 Å². The van der Waals surface area contributed by atoms with Gasteiger partial charge in [-0.25, -0.2) is 4.79 Å². The van der Waals surface area contributed by atoms with Gasteiger partial charge in [-0.1, -0.05) is 55.8 Å². The van der Waals surface area contributed by atoms with Crippen LogP contribution in [0, 0.1) is 0 Å². The molecule has 24 heavy (non-hydrogen) atoms. The van der Waals surface area contributed by atoms with Crippen LogP contribution < -0.4 is 5.73 Å². The summed E-state index contributed by atoms with van der Waals surface area (Å²) in [5, 5.41) is 10.5. The summed E-state index contributed by atoms with van der Waals surface area (Å²) in [5.74, 6) is -0.978. The molecule has 0 saturated heterocycles. The van der Waals surface area contributed by atoms with Gasteiger partial charge in [0.1, 0.15) is 10.6 Å². The molecule has 0 radical (unpaired) electrons. The average Bonchev–Trinajstić information content (AvgIpc) is 2.83. The molecule has 0 spiro atoms. The summed E-state index contributed by atoms with van der Waals surface area (Å²) in [7, 11) is 0. The van der Waals surface area contributed by atoms with Crippen LogP contribution in [-0.4, -0.2) is 11.1 Å². The lowest BCUT2D eigenvalue weighted by Gasteiger charge is -2.29. The van der Waals surface area contributed by atoms with Gasteiger partial charge in [0, 0.05) is 20.9 Å². The normalized spacial score (nSPS) is 16.0. The third-order valence-corrected chi connectivity index (χ3v) is 5.90. The van der Waals surface area contributed by atoms with Crippen molar-refractivity contribution in [1.29, 1.82) is 0 Å². The van der Waals surface area contributed by atoms with Crippen LogP contribution in [-0.2, 0) is 5.41 Å². The quantitative estimate of drug-likeness (QED) is 0.764. The summed E-state index contributed by atoms with van der Waals surface area (Å²) in [6.45, 7) is 4.23. The van der Waals surface area contributed by atoms with Crippen molar-refractivity contribution in [2.24, 2.45) is 0 Å². The molecule has 0 fully saturated rings. The molecule has 0 unspecified atom stereocenters. The first-order chi connectivity index (χ1) is 11.3. The fraction of sp³-hybridized carbons (Fsp3) is 0.211. The number of hydrogen-bond donors (Lipinski definition) is 2. The number of allylic oxidation sites excluding steroid dienone is 2. The number of carboxylic acids is 1. The third kappa shape index (κ3) is 2.99. The van der Waals surface area contributed by atoms with Crippen molar-refractivity contribution >= 4 is 46.1 Å². The maximum Gasteiger partial charge on any atom is 0.339 e. The number of halogens is 1. The zero-order valence-electron chi connectivity index (χ0n) is 13.5. The van der Waals surface area contributed by atoms with E-state index >= 15 is 0 Å². The maximum absolute atomic E-state index is 11.6.